The van der Waals surface area contributed by atoms with Crippen molar-refractivity contribution < 1.29 is 5.11 Å². The van der Waals surface area contributed by atoms with Gasteiger partial charge in [-0.2, -0.15) is 11.8 Å². The molecule has 78 valence electrons. The number of thioether (sulfide) groups is 1. The van der Waals surface area contributed by atoms with Gasteiger partial charge in [0.25, 0.3) is 0 Å². The Morgan fingerprint density at radius 2 is 2.07 bits per heavy atom. The molecule has 1 unspecified atom stereocenters. The zero-order chi connectivity index (χ0) is 10.4. The van der Waals surface area contributed by atoms with Crippen molar-refractivity contribution in [2.45, 2.75) is 26.4 Å². The molecule has 0 aliphatic rings. The predicted octanol–water partition coefficient (Wildman–Crippen LogP) is 3.17. The van der Waals surface area contributed by atoms with Crippen LogP contribution in [0.25, 0.3) is 0 Å². The number of aliphatic hydroxyl groups excluding tert-OH is 1. The summed E-state index contributed by atoms with van der Waals surface area (Å²) in [5, 5.41) is 9.91. The molecule has 0 radical (unpaired) electrons. The Balaban J connectivity index is 2.51. The van der Waals surface area contributed by atoms with Crippen LogP contribution in [0.3, 0.4) is 0 Å². The summed E-state index contributed by atoms with van der Waals surface area (Å²) in [6.07, 6.45) is 0.554. The van der Waals surface area contributed by atoms with Crippen LogP contribution in [-0.4, -0.2) is 16.6 Å². The van der Waals surface area contributed by atoms with Gasteiger partial charge in [0, 0.05) is 0 Å². The lowest BCUT2D eigenvalue weighted by atomic mass is 10.0. The number of hydrogen-bond donors (Lipinski definition) is 1. The van der Waals surface area contributed by atoms with Crippen molar-refractivity contribution in [3.8, 4) is 0 Å². The van der Waals surface area contributed by atoms with E-state index in [1.807, 2.05) is 43.0 Å². The average Bonchev–Trinajstić information content (AvgIpc) is 2.18. The molecule has 1 aromatic carbocycles. The van der Waals surface area contributed by atoms with E-state index in [1.165, 1.54) is 5.56 Å². The molecule has 0 aliphatic carbocycles. The summed E-state index contributed by atoms with van der Waals surface area (Å²) in [5.74, 6) is 2.16. The smallest absolute Gasteiger partial charge is 0.0800 e. The molecule has 0 aromatic heterocycles. The molecular weight excluding hydrogens is 192 g/mol. The van der Waals surface area contributed by atoms with Gasteiger partial charge in [0.1, 0.15) is 0 Å². The highest BCUT2D eigenvalue weighted by molar-refractivity contribution is 7.99. The molecule has 0 saturated carbocycles. The van der Waals surface area contributed by atoms with Gasteiger partial charge in [0.05, 0.1) is 6.10 Å². The zero-order valence-electron chi connectivity index (χ0n) is 8.86. The first-order valence-electron chi connectivity index (χ1n) is 5.07. The van der Waals surface area contributed by atoms with Gasteiger partial charge >= 0.3 is 0 Å². The number of aliphatic hydroxyl groups is 1. The SMILES string of the molecule is CCSCCC(O)c1ccccc1C. The monoisotopic (exact) mass is 210 g/mol. The number of benzene rings is 1. The third-order valence-electron chi connectivity index (χ3n) is 2.29. The first-order chi connectivity index (χ1) is 6.75. The Morgan fingerprint density at radius 1 is 1.36 bits per heavy atom. The Hall–Kier alpha value is -0.470. The van der Waals surface area contributed by atoms with Crippen LogP contribution < -0.4 is 0 Å². The van der Waals surface area contributed by atoms with Crippen LogP contribution >= 0.6 is 11.8 Å². The third kappa shape index (κ3) is 3.35. The van der Waals surface area contributed by atoms with Gasteiger partial charge in [0.2, 0.25) is 0 Å². The molecule has 1 aromatic rings. The lowest BCUT2D eigenvalue weighted by molar-refractivity contribution is 0.174. The highest BCUT2D eigenvalue weighted by Gasteiger charge is 2.08. The van der Waals surface area contributed by atoms with Crippen LogP contribution in [0.5, 0.6) is 0 Å². The fourth-order valence-corrected chi connectivity index (χ4v) is 2.13. The van der Waals surface area contributed by atoms with Crippen molar-refractivity contribution in [1.82, 2.24) is 0 Å². The van der Waals surface area contributed by atoms with Gasteiger partial charge in [-0.05, 0) is 36.0 Å². The van der Waals surface area contributed by atoms with E-state index >= 15 is 0 Å². The first kappa shape index (κ1) is 11.6. The molecule has 1 atom stereocenters. The van der Waals surface area contributed by atoms with Gasteiger partial charge < -0.3 is 5.11 Å². The Labute approximate surface area is 90.5 Å². The van der Waals surface area contributed by atoms with Crippen molar-refractivity contribution in [3.63, 3.8) is 0 Å². The Kier molecular flexibility index (Phi) is 5.05. The van der Waals surface area contributed by atoms with Gasteiger partial charge in [-0.1, -0.05) is 31.2 Å². The highest BCUT2D eigenvalue weighted by Crippen LogP contribution is 2.21. The van der Waals surface area contributed by atoms with E-state index in [0.29, 0.717) is 0 Å². The zero-order valence-corrected chi connectivity index (χ0v) is 9.68. The van der Waals surface area contributed by atoms with Crippen LogP contribution in [0.2, 0.25) is 0 Å². The summed E-state index contributed by atoms with van der Waals surface area (Å²) < 4.78 is 0. The normalized spacial score (nSPS) is 12.8. The topological polar surface area (TPSA) is 20.2 Å². The second kappa shape index (κ2) is 6.10. The van der Waals surface area contributed by atoms with Gasteiger partial charge in [0.15, 0.2) is 0 Å². The molecule has 14 heavy (non-hydrogen) atoms. The van der Waals surface area contributed by atoms with Crippen LogP contribution in [-0.2, 0) is 0 Å². The molecular formula is C12H18OS. The number of aryl methyl sites for hydroxylation is 1. The van der Waals surface area contributed by atoms with Crippen molar-refractivity contribution in [2.75, 3.05) is 11.5 Å². The second-order valence-corrected chi connectivity index (χ2v) is 4.75. The summed E-state index contributed by atoms with van der Waals surface area (Å²) in [6, 6.07) is 8.05. The molecule has 2 heteroatoms. The van der Waals surface area contributed by atoms with Crippen molar-refractivity contribution in [2.24, 2.45) is 0 Å². The maximum atomic E-state index is 9.91. The van der Waals surface area contributed by atoms with E-state index in [4.69, 9.17) is 0 Å². The molecule has 1 N–H and O–H groups in total. The lowest BCUT2D eigenvalue weighted by Gasteiger charge is -2.12. The molecule has 1 rings (SSSR count). The first-order valence-corrected chi connectivity index (χ1v) is 6.22. The van der Waals surface area contributed by atoms with Crippen molar-refractivity contribution in [3.05, 3.63) is 35.4 Å². The van der Waals surface area contributed by atoms with E-state index in [-0.39, 0.29) is 6.10 Å². The fraction of sp³-hybridized carbons (Fsp3) is 0.500. The summed E-state index contributed by atoms with van der Waals surface area (Å²) in [5.41, 5.74) is 2.26. The van der Waals surface area contributed by atoms with Crippen LogP contribution in [0.1, 0.15) is 30.6 Å². The van der Waals surface area contributed by atoms with E-state index in [1.54, 1.807) is 0 Å². The Morgan fingerprint density at radius 3 is 2.71 bits per heavy atom. The molecule has 0 bridgehead atoms. The molecule has 0 amide bonds. The molecule has 0 fully saturated rings. The maximum absolute atomic E-state index is 9.91. The summed E-state index contributed by atoms with van der Waals surface area (Å²) >= 11 is 1.88. The lowest BCUT2D eigenvalue weighted by Crippen LogP contribution is -2.01. The minimum atomic E-state index is -0.296. The number of rotatable bonds is 5. The van der Waals surface area contributed by atoms with E-state index in [9.17, 15) is 5.11 Å². The van der Waals surface area contributed by atoms with Crippen LogP contribution in [0.15, 0.2) is 24.3 Å². The van der Waals surface area contributed by atoms with E-state index in [2.05, 4.69) is 6.92 Å². The summed E-state index contributed by atoms with van der Waals surface area (Å²) in [4.78, 5) is 0. The molecule has 1 nitrogen and oxygen atoms in total. The maximum Gasteiger partial charge on any atom is 0.0800 e. The van der Waals surface area contributed by atoms with Crippen LogP contribution in [0.4, 0.5) is 0 Å². The van der Waals surface area contributed by atoms with Crippen LogP contribution in [0, 0.1) is 6.92 Å². The quantitative estimate of drug-likeness (QED) is 0.753. The second-order valence-electron chi connectivity index (χ2n) is 3.36. The highest BCUT2D eigenvalue weighted by atomic mass is 32.2. The average molecular weight is 210 g/mol. The van der Waals surface area contributed by atoms with E-state index < -0.39 is 0 Å². The van der Waals surface area contributed by atoms with Gasteiger partial charge in [-0.25, -0.2) is 0 Å². The molecule has 0 spiro atoms. The largest absolute Gasteiger partial charge is 0.388 e. The molecule has 0 aliphatic heterocycles. The fourth-order valence-electron chi connectivity index (χ4n) is 1.46. The van der Waals surface area contributed by atoms with Gasteiger partial charge in [-0.15, -0.1) is 0 Å². The van der Waals surface area contributed by atoms with E-state index in [0.717, 1.165) is 23.5 Å². The predicted molar refractivity (Wildman–Crippen MR) is 63.8 cm³/mol. The Bertz CT molecular complexity index is 273. The van der Waals surface area contributed by atoms with Crippen molar-refractivity contribution >= 4 is 11.8 Å². The molecule has 0 saturated heterocycles. The summed E-state index contributed by atoms with van der Waals surface area (Å²) in [6.45, 7) is 4.19. The standard InChI is InChI=1S/C12H18OS/c1-3-14-9-8-12(13)11-7-5-4-6-10(11)2/h4-7,12-13H,3,8-9H2,1-2H3. The minimum Gasteiger partial charge on any atom is -0.388 e. The summed E-state index contributed by atoms with van der Waals surface area (Å²) in [7, 11) is 0. The number of hydrogen-bond acceptors (Lipinski definition) is 2. The minimum absolute atomic E-state index is 0.296. The molecule has 0 heterocycles. The van der Waals surface area contributed by atoms with Gasteiger partial charge in [-0.3, -0.25) is 0 Å². The van der Waals surface area contributed by atoms with Crippen molar-refractivity contribution in [1.29, 1.82) is 0 Å². The third-order valence-corrected chi connectivity index (χ3v) is 3.22.